The summed E-state index contributed by atoms with van der Waals surface area (Å²) < 4.78 is 1.75. The summed E-state index contributed by atoms with van der Waals surface area (Å²) in [6.07, 6.45) is 5.33. The third kappa shape index (κ3) is 3.29. The molecule has 0 spiro atoms. The molecule has 38 heavy (non-hydrogen) atoms. The van der Waals surface area contributed by atoms with Crippen LogP contribution in [0.1, 0.15) is 0 Å². The molecule has 3 aliphatic heterocycles. The minimum Gasteiger partial charge on any atom is -0.483 e. The van der Waals surface area contributed by atoms with E-state index in [1.165, 1.54) is 22.1 Å². The molecule has 186 valence electrons. The number of hydrogen-bond donors (Lipinski definition) is 0. The first kappa shape index (κ1) is 23.0. The van der Waals surface area contributed by atoms with E-state index in [0.717, 1.165) is 33.9 Å². The standard InChI is InChI=1S/C29H19BN7.Pd/c1-34-19-35(18-32-34)20-10-12-24-22-6-2-4-8-26(22)30-27-9-5-3-7-23(27)25-13-11-21(36-15-14-31-33-36)17-29(25)37(30)28(24)16-20;/h2-15,18-19H,1H3;/q-3;. The Balaban J connectivity index is 0.00000242. The molecule has 9 heteroatoms. The quantitative estimate of drug-likeness (QED) is 0.235. The number of nitrogens with zero attached hydrogens (tertiary/aromatic N) is 7. The van der Waals surface area contributed by atoms with E-state index < -0.39 is 0 Å². The molecule has 3 aliphatic rings. The number of hydrogen-bond acceptors (Lipinski definition) is 6. The summed E-state index contributed by atoms with van der Waals surface area (Å²) in [7, 11) is 1.92. The van der Waals surface area contributed by atoms with E-state index >= 15 is 0 Å². The Morgan fingerprint density at radius 1 is 0.763 bits per heavy atom. The predicted octanol–water partition coefficient (Wildman–Crippen LogP) is 3.58. The monoisotopic (exact) mass is 582 g/mol. The number of anilines is 3. The fourth-order valence-electron chi connectivity index (χ4n) is 5.66. The molecule has 1 aromatic heterocycles. The van der Waals surface area contributed by atoms with Gasteiger partial charge in [-0.3, -0.25) is 0 Å². The molecule has 0 saturated carbocycles. The Labute approximate surface area is 234 Å². The number of hydrazone groups is 1. The fraction of sp³-hybridized carbons (Fsp3) is 0.0345. The molecule has 0 N–H and O–H groups in total. The van der Waals surface area contributed by atoms with E-state index in [2.05, 4.69) is 105 Å². The Kier molecular flexibility index (Phi) is 5.26. The summed E-state index contributed by atoms with van der Waals surface area (Å²) in [6.45, 7) is 1.93. The van der Waals surface area contributed by atoms with Crippen molar-refractivity contribution in [3.63, 3.8) is 0 Å². The second-order valence-electron chi connectivity index (χ2n) is 9.33. The van der Waals surface area contributed by atoms with E-state index in [4.69, 9.17) is 0 Å². The van der Waals surface area contributed by atoms with Crippen molar-refractivity contribution in [1.82, 2.24) is 20.0 Å². The van der Waals surface area contributed by atoms with Crippen LogP contribution in [0.15, 0.2) is 90.3 Å². The van der Waals surface area contributed by atoms with Crippen molar-refractivity contribution in [2.24, 2.45) is 5.10 Å². The second-order valence-corrected chi connectivity index (χ2v) is 9.33. The molecule has 0 aliphatic carbocycles. The van der Waals surface area contributed by atoms with Crippen molar-refractivity contribution in [3.05, 3.63) is 104 Å². The maximum atomic E-state index is 4.35. The van der Waals surface area contributed by atoms with Gasteiger partial charge in [-0.25, -0.2) is 9.78 Å². The average Bonchev–Trinajstić information content (AvgIpc) is 3.65. The third-order valence-corrected chi connectivity index (χ3v) is 7.25. The zero-order valence-electron chi connectivity index (χ0n) is 20.3. The van der Waals surface area contributed by atoms with Gasteiger partial charge < -0.3 is 14.7 Å². The number of fused-ring (bicyclic) bond motifs is 11. The van der Waals surface area contributed by atoms with Gasteiger partial charge in [0.1, 0.15) is 0 Å². The van der Waals surface area contributed by atoms with Gasteiger partial charge in [0.05, 0.1) is 12.5 Å². The molecule has 7 nitrogen and oxygen atoms in total. The van der Waals surface area contributed by atoms with Gasteiger partial charge in [0.25, 0.3) is 0 Å². The first-order chi connectivity index (χ1) is 18.3. The SMILES string of the molecule is CN1[CH-]N(c2[c-]c3c(cc2)-c2ccccc2B2c4ccccc4-c4ccc(-n5ccnn5)[c-]c4N23)C=N1.[Pd]. The second kappa shape index (κ2) is 8.69. The Morgan fingerprint density at radius 2 is 1.39 bits per heavy atom. The molecular formula is C29H19BN7Pd-3. The molecule has 0 radical (unpaired) electrons. The van der Waals surface area contributed by atoms with Crippen LogP contribution in [0.5, 0.6) is 0 Å². The zero-order chi connectivity index (χ0) is 24.5. The van der Waals surface area contributed by atoms with Crippen LogP contribution >= 0.6 is 0 Å². The molecule has 0 saturated heterocycles. The zero-order valence-corrected chi connectivity index (χ0v) is 21.8. The summed E-state index contributed by atoms with van der Waals surface area (Å²) in [5.41, 5.74) is 11.0. The van der Waals surface area contributed by atoms with E-state index in [-0.39, 0.29) is 27.3 Å². The summed E-state index contributed by atoms with van der Waals surface area (Å²) >= 11 is 0. The first-order valence-electron chi connectivity index (χ1n) is 12.1. The fourth-order valence-corrected chi connectivity index (χ4v) is 5.66. The Bertz CT molecular complexity index is 1720. The van der Waals surface area contributed by atoms with Crippen molar-refractivity contribution in [1.29, 1.82) is 0 Å². The van der Waals surface area contributed by atoms with Crippen LogP contribution in [0.3, 0.4) is 0 Å². The smallest absolute Gasteiger partial charge is 0.324 e. The summed E-state index contributed by atoms with van der Waals surface area (Å²) in [5, 5.41) is 14.4. The number of rotatable bonds is 2. The summed E-state index contributed by atoms with van der Waals surface area (Å²) in [5.74, 6) is 0. The largest absolute Gasteiger partial charge is 0.483 e. The molecule has 4 heterocycles. The first-order valence-corrected chi connectivity index (χ1v) is 12.1. The molecule has 5 aromatic rings. The van der Waals surface area contributed by atoms with Gasteiger partial charge in [-0.1, -0.05) is 87.2 Å². The van der Waals surface area contributed by atoms with Crippen molar-refractivity contribution in [3.8, 4) is 27.9 Å². The Hall–Kier alpha value is -4.18. The predicted molar refractivity (Wildman–Crippen MR) is 147 cm³/mol. The van der Waals surface area contributed by atoms with E-state index in [0.29, 0.717) is 0 Å². The van der Waals surface area contributed by atoms with Crippen molar-refractivity contribution >= 4 is 41.2 Å². The molecule has 0 unspecified atom stereocenters. The minimum atomic E-state index is -0.0138. The molecule has 8 rings (SSSR count). The van der Waals surface area contributed by atoms with Gasteiger partial charge in [0.2, 0.25) is 0 Å². The molecule has 0 fully saturated rings. The maximum Gasteiger partial charge on any atom is 0.324 e. The third-order valence-electron chi connectivity index (χ3n) is 7.25. The van der Waals surface area contributed by atoms with Crippen LogP contribution in [0.4, 0.5) is 17.1 Å². The van der Waals surface area contributed by atoms with Gasteiger partial charge in [-0.15, -0.1) is 52.8 Å². The molecule has 0 bridgehead atoms. The Morgan fingerprint density at radius 3 is 2.00 bits per heavy atom. The van der Waals surface area contributed by atoms with Gasteiger partial charge >= 0.3 is 6.85 Å². The summed E-state index contributed by atoms with van der Waals surface area (Å²) in [4.78, 5) is 4.38. The molecule has 4 aromatic carbocycles. The van der Waals surface area contributed by atoms with Gasteiger partial charge in [0.15, 0.2) is 0 Å². The molecule has 0 atom stereocenters. The summed E-state index contributed by atoms with van der Waals surface area (Å²) in [6, 6.07) is 33.3. The van der Waals surface area contributed by atoms with Gasteiger partial charge in [0, 0.05) is 26.6 Å². The normalized spacial score (nSPS) is 14.3. The van der Waals surface area contributed by atoms with Crippen molar-refractivity contribution in [2.45, 2.75) is 0 Å². The van der Waals surface area contributed by atoms with Crippen LogP contribution in [0.25, 0.3) is 27.9 Å². The van der Waals surface area contributed by atoms with Crippen LogP contribution in [-0.4, -0.2) is 40.2 Å². The van der Waals surface area contributed by atoms with Crippen LogP contribution < -0.4 is 20.6 Å². The van der Waals surface area contributed by atoms with Crippen molar-refractivity contribution < 1.29 is 20.4 Å². The number of benzene rings is 4. The molecule has 0 amide bonds. The van der Waals surface area contributed by atoms with Gasteiger partial charge in [-0.05, 0) is 12.7 Å². The van der Waals surface area contributed by atoms with Gasteiger partial charge in [-0.2, -0.15) is 12.1 Å². The van der Waals surface area contributed by atoms with Crippen LogP contribution in [0.2, 0.25) is 0 Å². The van der Waals surface area contributed by atoms with E-state index in [1.54, 1.807) is 22.2 Å². The average molecular weight is 583 g/mol. The minimum absolute atomic E-state index is 0. The van der Waals surface area contributed by atoms with E-state index in [1.807, 2.05) is 24.8 Å². The van der Waals surface area contributed by atoms with E-state index in [9.17, 15) is 0 Å². The topological polar surface area (TPSA) is 52.8 Å². The number of aromatic nitrogens is 3. The maximum absolute atomic E-state index is 4.35. The molecular weight excluding hydrogens is 564 g/mol. The van der Waals surface area contributed by atoms with Crippen molar-refractivity contribution in [2.75, 3.05) is 16.8 Å². The van der Waals surface area contributed by atoms with Crippen LogP contribution in [0, 0.1) is 18.8 Å². The van der Waals surface area contributed by atoms with Crippen LogP contribution in [-0.2, 0) is 20.4 Å².